The highest BCUT2D eigenvalue weighted by Crippen LogP contribution is 2.15. The van der Waals surface area contributed by atoms with E-state index in [4.69, 9.17) is 0 Å². The third-order valence-electron chi connectivity index (χ3n) is 3.34. The summed E-state index contributed by atoms with van der Waals surface area (Å²) in [5.74, 6) is 0. The van der Waals surface area contributed by atoms with Crippen LogP contribution in [0.4, 0.5) is 9.18 Å². The van der Waals surface area contributed by atoms with Crippen LogP contribution in [0, 0.1) is 0 Å². The van der Waals surface area contributed by atoms with E-state index in [1.54, 1.807) is 0 Å². The Morgan fingerprint density at radius 1 is 0.900 bits per heavy atom. The maximum atomic E-state index is 12.3. The normalized spacial score (nSPS) is 11.1. The van der Waals surface area contributed by atoms with Crippen LogP contribution in [0.1, 0.15) is 71.1 Å². The first-order chi connectivity index (χ1) is 9.57. The summed E-state index contributed by atoms with van der Waals surface area (Å²) in [7, 11) is 3.33. The lowest BCUT2D eigenvalue weighted by atomic mass is 10.1. The zero-order chi connectivity index (χ0) is 15.2. The molecule has 0 aliphatic carbocycles. The highest BCUT2D eigenvalue weighted by Gasteiger charge is 2.10. The van der Waals surface area contributed by atoms with Gasteiger partial charge in [-0.15, -0.1) is 4.39 Å². The van der Waals surface area contributed by atoms with Crippen LogP contribution in [0.5, 0.6) is 0 Å². The second-order valence-electron chi connectivity index (χ2n) is 5.37. The molecule has 0 rings (SSSR count). The van der Waals surface area contributed by atoms with E-state index in [1.165, 1.54) is 64.8 Å². The van der Waals surface area contributed by atoms with Crippen LogP contribution in [-0.4, -0.2) is 35.4 Å². The van der Waals surface area contributed by atoms with E-state index in [1.807, 2.05) is 11.4 Å². The molecule has 0 heterocycles. The van der Waals surface area contributed by atoms with Gasteiger partial charge < -0.3 is 0 Å². The number of carbonyl (C=O) groups excluding carboxylic acids is 1. The SMILES string of the molecule is CCCCCCCCCCCCN(C)SN(C)C(=O)F. The fraction of sp³-hybridized carbons (Fsp3) is 0.933. The Balaban J connectivity index is 3.25. The van der Waals surface area contributed by atoms with Gasteiger partial charge in [-0.05, 0) is 13.5 Å². The minimum Gasteiger partial charge on any atom is -0.248 e. The van der Waals surface area contributed by atoms with Crippen molar-refractivity contribution in [3.05, 3.63) is 0 Å². The summed E-state index contributed by atoms with van der Waals surface area (Å²) in [5, 5.41) is 0. The van der Waals surface area contributed by atoms with Crippen LogP contribution in [0.15, 0.2) is 0 Å². The summed E-state index contributed by atoms with van der Waals surface area (Å²) in [6.07, 6.45) is 11.7. The fourth-order valence-electron chi connectivity index (χ4n) is 2.10. The second-order valence-corrected chi connectivity index (χ2v) is 6.70. The van der Waals surface area contributed by atoms with Gasteiger partial charge in [0, 0.05) is 25.7 Å². The Labute approximate surface area is 128 Å². The number of hydrogen-bond donors (Lipinski definition) is 0. The van der Waals surface area contributed by atoms with Gasteiger partial charge in [-0.3, -0.25) is 0 Å². The van der Waals surface area contributed by atoms with Gasteiger partial charge in [-0.2, -0.15) is 0 Å². The van der Waals surface area contributed by atoms with Gasteiger partial charge in [-0.25, -0.2) is 13.4 Å². The summed E-state index contributed by atoms with van der Waals surface area (Å²) >= 11 is 1.13. The first-order valence-corrected chi connectivity index (χ1v) is 8.63. The highest BCUT2D eigenvalue weighted by atomic mass is 32.2. The predicted octanol–water partition coefficient (Wildman–Crippen LogP) is 5.42. The summed E-state index contributed by atoms with van der Waals surface area (Å²) < 4.78 is 15.2. The molecule has 0 saturated heterocycles. The molecule has 0 saturated carbocycles. The molecule has 0 fully saturated rings. The third-order valence-corrected chi connectivity index (χ3v) is 4.19. The quantitative estimate of drug-likeness (QED) is 0.196. The van der Waals surface area contributed by atoms with Gasteiger partial charge in [0.1, 0.15) is 0 Å². The monoisotopic (exact) mass is 306 g/mol. The van der Waals surface area contributed by atoms with Crippen molar-refractivity contribution in [1.29, 1.82) is 0 Å². The van der Waals surface area contributed by atoms with E-state index < -0.39 is 6.16 Å². The molecule has 0 aromatic heterocycles. The fourth-order valence-corrected chi connectivity index (χ4v) is 2.80. The predicted molar refractivity (Wildman–Crippen MR) is 86.3 cm³/mol. The first kappa shape index (κ1) is 19.7. The van der Waals surface area contributed by atoms with Gasteiger partial charge in [0.2, 0.25) is 0 Å². The molecule has 0 aromatic carbocycles. The van der Waals surface area contributed by atoms with E-state index in [9.17, 15) is 9.18 Å². The number of carbonyl (C=O) groups is 1. The molecule has 0 atom stereocenters. The number of halogens is 1. The topological polar surface area (TPSA) is 23.6 Å². The van der Waals surface area contributed by atoms with Crippen LogP contribution in [0.3, 0.4) is 0 Å². The van der Waals surface area contributed by atoms with E-state index in [0.29, 0.717) is 0 Å². The average Bonchev–Trinajstić information content (AvgIpc) is 2.40. The molecule has 0 N–H and O–H groups in total. The van der Waals surface area contributed by atoms with Crippen molar-refractivity contribution in [3.8, 4) is 0 Å². The van der Waals surface area contributed by atoms with E-state index >= 15 is 0 Å². The summed E-state index contributed by atoms with van der Waals surface area (Å²) in [4.78, 5) is 10.4. The molecule has 0 unspecified atom stereocenters. The molecule has 20 heavy (non-hydrogen) atoms. The van der Waals surface area contributed by atoms with Crippen molar-refractivity contribution in [2.75, 3.05) is 20.6 Å². The molecular weight excluding hydrogens is 275 g/mol. The van der Waals surface area contributed by atoms with Gasteiger partial charge in [0.05, 0.1) is 0 Å². The van der Waals surface area contributed by atoms with Crippen molar-refractivity contribution < 1.29 is 9.18 Å². The van der Waals surface area contributed by atoms with Crippen LogP contribution in [0.2, 0.25) is 0 Å². The first-order valence-electron chi connectivity index (χ1n) is 7.90. The zero-order valence-corrected chi connectivity index (χ0v) is 14.2. The minimum atomic E-state index is -1.40. The van der Waals surface area contributed by atoms with Crippen molar-refractivity contribution in [2.45, 2.75) is 71.1 Å². The lowest BCUT2D eigenvalue weighted by Gasteiger charge is -2.19. The zero-order valence-electron chi connectivity index (χ0n) is 13.4. The third kappa shape index (κ3) is 12.7. The summed E-state index contributed by atoms with van der Waals surface area (Å²) in [6.45, 7) is 3.13. The Morgan fingerprint density at radius 3 is 1.80 bits per heavy atom. The molecule has 1 amide bonds. The second kappa shape index (κ2) is 13.7. The van der Waals surface area contributed by atoms with E-state index in [0.717, 1.165) is 29.4 Å². The molecule has 3 nitrogen and oxygen atoms in total. The van der Waals surface area contributed by atoms with Gasteiger partial charge in [0.15, 0.2) is 0 Å². The molecule has 0 spiro atoms. The lowest BCUT2D eigenvalue weighted by molar-refractivity contribution is 0.208. The summed E-state index contributed by atoms with van der Waals surface area (Å²) in [5.41, 5.74) is 0. The smallest absolute Gasteiger partial charge is 0.248 e. The minimum absolute atomic E-state index is 0.888. The van der Waals surface area contributed by atoms with Crippen molar-refractivity contribution in [2.24, 2.45) is 0 Å². The maximum Gasteiger partial charge on any atom is 0.410 e. The van der Waals surface area contributed by atoms with Gasteiger partial charge in [0.25, 0.3) is 0 Å². The molecule has 0 aliphatic rings. The number of nitrogens with zero attached hydrogens (tertiary/aromatic N) is 2. The lowest BCUT2D eigenvalue weighted by Crippen LogP contribution is -2.22. The molecule has 0 aliphatic heterocycles. The van der Waals surface area contributed by atoms with Gasteiger partial charge in [-0.1, -0.05) is 64.7 Å². The van der Waals surface area contributed by atoms with Crippen molar-refractivity contribution in [1.82, 2.24) is 8.61 Å². The number of amides is 1. The van der Waals surface area contributed by atoms with E-state index in [2.05, 4.69) is 6.92 Å². The van der Waals surface area contributed by atoms with E-state index in [-0.39, 0.29) is 0 Å². The maximum absolute atomic E-state index is 12.3. The Kier molecular flexibility index (Phi) is 13.5. The number of hydrogen-bond acceptors (Lipinski definition) is 3. The Morgan fingerprint density at radius 2 is 1.35 bits per heavy atom. The Hall–Kier alpha value is -0.290. The highest BCUT2D eigenvalue weighted by molar-refractivity contribution is 7.95. The molecule has 0 aromatic rings. The standard InChI is InChI=1S/C15H31FN2OS/c1-4-5-6-7-8-9-10-11-12-13-14-17(2)20-18(3)15(16)19/h4-14H2,1-3H3. The van der Waals surface area contributed by atoms with Crippen LogP contribution in [0.25, 0.3) is 0 Å². The van der Waals surface area contributed by atoms with Crippen LogP contribution < -0.4 is 0 Å². The number of rotatable bonds is 13. The molecular formula is C15H31FN2OS. The van der Waals surface area contributed by atoms with Crippen LogP contribution in [-0.2, 0) is 0 Å². The molecule has 0 radical (unpaired) electrons. The summed E-state index contributed by atoms with van der Waals surface area (Å²) in [6, 6.07) is 0. The van der Waals surface area contributed by atoms with Crippen molar-refractivity contribution in [3.63, 3.8) is 0 Å². The van der Waals surface area contributed by atoms with Gasteiger partial charge >= 0.3 is 6.16 Å². The molecule has 0 bridgehead atoms. The Bertz CT molecular complexity index is 242. The largest absolute Gasteiger partial charge is 0.410 e. The van der Waals surface area contributed by atoms with Crippen molar-refractivity contribution >= 4 is 18.3 Å². The average molecular weight is 306 g/mol. The molecule has 120 valence electrons. The van der Waals surface area contributed by atoms with Crippen LogP contribution >= 0.6 is 12.1 Å². The number of unbranched alkanes of at least 4 members (excludes halogenated alkanes) is 9. The molecule has 5 heteroatoms.